The summed E-state index contributed by atoms with van der Waals surface area (Å²) in [5.41, 5.74) is 0.217. The van der Waals surface area contributed by atoms with Crippen molar-refractivity contribution in [2.45, 2.75) is 71.8 Å². The summed E-state index contributed by atoms with van der Waals surface area (Å²) in [4.78, 5) is 12.9. The average Bonchev–Trinajstić information content (AvgIpc) is 2.63. The molecule has 0 amide bonds. The topological polar surface area (TPSA) is 71.7 Å². The van der Waals surface area contributed by atoms with Crippen LogP contribution in [0.2, 0.25) is 0 Å². The molecule has 26 heavy (non-hydrogen) atoms. The number of benzene rings is 1. The molecule has 144 valence electrons. The largest absolute Gasteiger partial charge is 0.508 e. The molecule has 2 aromatic rings. The second-order valence-electron chi connectivity index (χ2n) is 6.81. The van der Waals surface area contributed by atoms with Crippen LogP contribution in [0.25, 0.3) is 10.9 Å². The number of fused-ring (bicyclic) bond motifs is 1. The van der Waals surface area contributed by atoms with Gasteiger partial charge in [-0.1, -0.05) is 52.4 Å². The summed E-state index contributed by atoms with van der Waals surface area (Å²) >= 11 is 0. The number of phenols is 1. The maximum absolute atomic E-state index is 12.9. The Balaban J connectivity index is 2.29. The summed E-state index contributed by atoms with van der Waals surface area (Å²) in [6.07, 6.45) is 8.54. The van der Waals surface area contributed by atoms with Crippen LogP contribution in [0, 0.1) is 0 Å². The zero-order chi connectivity index (χ0) is 18.9. The van der Waals surface area contributed by atoms with E-state index >= 15 is 0 Å². The summed E-state index contributed by atoms with van der Waals surface area (Å²) < 4.78 is 7.22. The van der Waals surface area contributed by atoms with Gasteiger partial charge in [0.2, 0.25) is 5.75 Å². The second kappa shape index (κ2) is 10.1. The molecule has 0 bridgehead atoms. The first-order valence-electron chi connectivity index (χ1n) is 9.81. The monoisotopic (exact) mass is 361 g/mol. The van der Waals surface area contributed by atoms with Gasteiger partial charge in [0, 0.05) is 18.0 Å². The minimum absolute atomic E-state index is 0.0163. The van der Waals surface area contributed by atoms with E-state index in [0.717, 1.165) is 32.1 Å². The van der Waals surface area contributed by atoms with Crippen molar-refractivity contribution in [2.75, 3.05) is 6.61 Å². The molecule has 1 aromatic carbocycles. The lowest BCUT2D eigenvalue weighted by atomic mass is 10.1. The Morgan fingerprint density at radius 1 is 0.962 bits per heavy atom. The van der Waals surface area contributed by atoms with E-state index in [2.05, 4.69) is 6.92 Å². The van der Waals surface area contributed by atoms with Crippen LogP contribution in [0.4, 0.5) is 0 Å². The number of hydrogen-bond acceptors (Lipinski definition) is 4. The number of aromatic hydroxyl groups is 2. The van der Waals surface area contributed by atoms with E-state index in [1.165, 1.54) is 31.4 Å². The molecule has 0 radical (unpaired) electrons. The predicted molar refractivity (Wildman–Crippen MR) is 105 cm³/mol. The quantitative estimate of drug-likeness (QED) is 0.555. The minimum Gasteiger partial charge on any atom is -0.508 e. The molecule has 1 aromatic heterocycles. The number of ether oxygens (including phenoxy) is 1. The highest BCUT2D eigenvalue weighted by Crippen LogP contribution is 2.33. The number of nitrogens with zero attached hydrogens (tertiary/aromatic N) is 1. The Labute approximate surface area is 155 Å². The molecule has 2 rings (SSSR count). The third-order valence-electron chi connectivity index (χ3n) is 4.66. The molecule has 0 spiro atoms. The highest BCUT2D eigenvalue weighted by molar-refractivity contribution is 5.88. The Hall–Kier alpha value is -2.17. The molecule has 0 saturated heterocycles. The van der Waals surface area contributed by atoms with E-state index in [-0.39, 0.29) is 22.8 Å². The van der Waals surface area contributed by atoms with Crippen molar-refractivity contribution in [1.29, 1.82) is 0 Å². The molecule has 2 N–H and O–H groups in total. The molecular weight excluding hydrogens is 330 g/mol. The average molecular weight is 361 g/mol. The molecule has 0 saturated carbocycles. The molecule has 1 heterocycles. The van der Waals surface area contributed by atoms with E-state index in [1.54, 1.807) is 10.6 Å². The van der Waals surface area contributed by atoms with E-state index in [1.807, 2.05) is 6.92 Å². The predicted octanol–water partition coefficient (Wildman–Crippen LogP) is 4.95. The highest BCUT2D eigenvalue weighted by Gasteiger charge is 2.18. The molecular formula is C21H31NO4. The first kappa shape index (κ1) is 20.1. The Morgan fingerprint density at radius 2 is 1.65 bits per heavy atom. The lowest BCUT2D eigenvalue weighted by Crippen LogP contribution is -2.23. The molecule has 0 aliphatic heterocycles. The van der Waals surface area contributed by atoms with Gasteiger partial charge in [-0.25, -0.2) is 0 Å². The SMILES string of the molecule is CCCCCCCCn1c(=O)c(OCCCC)c(O)c2ccc(O)cc21. The van der Waals surface area contributed by atoms with Crippen molar-refractivity contribution < 1.29 is 14.9 Å². The Kier molecular flexibility index (Phi) is 7.82. The number of rotatable bonds is 11. The number of aromatic nitrogens is 1. The van der Waals surface area contributed by atoms with Crippen molar-refractivity contribution in [2.24, 2.45) is 0 Å². The van der Waals surface area contributed by atoms with Crippen LogP contribution in [0.3, 0.4) is 0 Å². The molecule has 0 aliphatic rings. The fraction of sp³-hybridized carbons (Fsp3) is 0.571. The van der Waals surface area contributed by atoms with Gasteiger partial charge < -0.3 is 19.5 Å². The molecule has 0 fully saturated rings. The molecule has 5 heteroatoms. The second-order valence-corrected chi connectivity index (χ2v) is 6.81. The van der Waals surface area contributed by atoms with Crippen LogP contribution in [0.1, 0.15) is 65.2 Å². The third-order valence-corrected chi connectivity index (χ3v) is 4.66. The summed E-state index contributed by atoms with van der Waals surface area (Å²) in [7, 11) is 0. The van der Waals surface area contributed by atoms with Gasteiger partial charge in [0.15, 0.2) is 5.75 Å². The van der Waals surface area contributed by atoms with Gasteiger partial charge in [0.1, 0.15) is 5.75 Å². The van der Waals surface area contributed by atoms with Crippen LogP contribution < -0.4 is 10.3 Å². The van der Waals surface area contributed by atoms with Gasteiger partial charge in [0.05, 0.1) is 12.1 Å². The fourth-order valence-corrected chi connectivity index (χ4v) is 3.12. The van der Waals surface area contributed by atoms with E-state index in [4.69, 9.17) is 4.74 Å². The van der Waals surface area contributed by atoms with Crippen LogP contribution in [0.15, 0.2) is 23.0 Å². The van der Waals surface area contributed by atoms with Gasteiger partial charge in [0.25, 0.3) is 5.56 Å². The van der Waals surface area contributed by atoms with E-state index < -0.39 is 0 Å². The van der Waals surface area contributed by atoms with Crippen molar-refractivity contribution >= 4 is 10.9 Å². The number of phenolic OH excluding ortho intramolecular Hbond substituents is 1. The standard InChI is InChI=1S/C21H31NO4/c1-3-5-7-8-9-10-13-22-18-15-16(23)11-12-17(18)19(24)20(21(22)25)26-14-6-4-2/h11-12,15,23-24H,3-10,13-14H2,1-2H3. The molecule has 0 aliphatic carbocycles. The van der Waals surface area contributed by atoms with Gasteiger partial charge in [-0.05, 0) is 25.0 Å². The summed E-state index contributed by atoms with van der Waals surface area (Å²) in [6, 6.07) is 4.67. The van der Waals surface area contributed by atoms with Crippen molar-refractivity contribution in [3.05, 3.63) is 28.6 Å². The van der Waals surface area contributed by atoms with Crippen LogP contribution in [0.5, 0.6) is 17.2 Å². The van der Waals surface area contributed by atoms with Crippen LogP contribution in [-0.4, -0.2) is 21.4 Å². The smallest absolute Gasteiger partial charge is 0.297 e. The van der Waals surface area contributed by atoms with Crippen molar-refractivity contribution in [1.82, 2.24) is 4.57 Å². The first-order valence-corrected chi connectivity index (χ1v) is 9.81. The Bertz CT molecular complexity index is 767. The van der Waals surface area contributed by atoms with E-state index in [0.29, 0.717) is 24.1 Å². The molecule has 0 atom stereocenters. The lowest BCUT2D eigenvalue weighted by Gasteiger charge is -2.15. The summed E-state index contributed by atoms with van der Waals surface area (Å²) in [6.45, 7) is 5.19. The van der Waals surface area contributed by atoms with Crippen LogP contribution >= 0.6 is 0 Å². The number of pyridine rings is 1. The lowest BCUT2D eigenvalue weighted by molar-refractivity contribution is 0.287. The van der Waals surface area contributed by atoms with Gasteiger partial charge >= 0.3 is 0 Å². The third kappa shape index (κ3) is 4.93. The fourth-order valence-electron chi connectivity index (χ4n) is 3.12. The van der Waals surface area contributed by atoms with Crippen molar-refractivity contribution in [3.8, 4) is 17.2 Å². The maximum atomic E-state index is 12.9. The number of unbranched alkanes of at least 4 members (excludes halogenated alkanes) is 6. The molecule has 5 nitrogen and oxygen atoms in total. The molecule has 0 unspecified atom stereocenters. The van der Waals surface area contributed by atoms with Crippen LogP contribution in [-0.2, 0) is 6.54 Å². The zero-order valence-corrected chi connectivity index (χ0v) is 16.0. The number of hydrogen-bond donors (Lipinski definition) is 2. The highest BCUT2D eigenvalue weighted by atomic mass is 16.5. The first-order chi connectivity index (χ1) is 12.6. The van der Waals surface area contributed by atoms with E-state index in [9.17, 15) is 15.0 Å². The van der Waals surface area contributed by atoms with Gasteiger partial charge in [-0.15, -0.1) is 0 Å². The number of aryl methyl sites for hydroxylation is 1. The van der Waals surface area contributed by atoms with Gasteiger partial charge in [-0.2, -0.15) is 0 Å². The normalized spacial score (nSPS) is 11.2. The minimum atomic E-state index is -0.328. The zero-order valence-electron chi connectivity index (χ0n) is 16.0. The maximum Gasteiger partial charge on any atom is 0.297 e. The van der Waals surface area contributed by atoms with Crippen molar-refractivity contribution in [3.63, 3.8) is 0 Å². The van der Waals surface area contributed by atoms with Gasteiger partial charge in [-0.3, -0.25) is 4.79 Å². The summed E-state index contributed by atoms with van der Waals surface area (Å²) in [5, 5.41) is 20.8. The Morgan fingerprint density at radius 3 is 2.38 bits per heavy atom. The summed E-state index contributed by atoms with van der Waals surface area (Å²) in [5.74, 6) is -0.0458.